The smallest absolute Gasteiger partial charge is 0.243 e. The van der Waals surface area contributed by atoms with Crippen molar-refractivity contribution in [2.45, 2.75) is 25.9 Å². The zero-order valence-corrected chi connectivity index (χ0v) is 24.4. The standard InChI is InChI=1S/C32H27F2N5O3S/c1-5-26(40)35-16(2)23-14-24(38-37-23)31-29(28-22(34)12-20(33)13-25(28)42-4)32-21(8-9-43-32)30(36-31)18-7-6-17-11-27(41)39(3)15-19(17)10-18/h5-10,12-14,16H,1,11,15H2,2-4H3,(H,35,40)(H,37,38). The molecule has 5 aromatic rings. The van der Waals surface area contributed by atoms with Crippen LogP contribution in [0.15, 0.2) is 60.5 Å². The maximum Gasteiger partial charge on any atom is 0.243 e. The van der Waals surface area contributed by atoms with Crippen LogP contribution in [0.25, 0.3) is 43.9 Å². The van der Waals surface area contributed by atoms with Crippen molar-refractivity contribution in [2.75, 3.05) is 14.2 Å². The average molecular weight is 600 g/mol. The summed E-state index contributed by atoms with van der Waals surface area (Å²) in [5.41, 5.74) is 5.28. The molecule has 0 aliphatic carbocycles. The van der Waals surface area contributed by atoms with Crippen molar-refractivity contribution in [3.8, 4) is 39.5 Å². The maximum absolute atomic E-state index is 15.6. The molecule has 0 bridgehead atoms. The molecule has 1 atom stereocenters. The first kappa shape index (κ1) is 28.2. The lowest BCUT2D eigenvalue weighted by Crippen LogP contribution is -2.32. The molecule has 2 aromatic carbocycles. The number of aromatic nitrogens is 3. The van der Waals surface area contributed by atoms with Gasteiger partial charge in [0.25, 0.3) is 0 Å². The van der Waals surface area contributed by atoms with E-state index in [2.05, 4.69) is 22.1 Å². The molecule has 1 unspecified atom stereocenters. The number of thiophene rings is 1. The fraction of sp³-hybridized carbons (Fsp3) is 0.188. The minimum atomic E-state index is -0.800. The molecule has 11 heteroatoms. The molecule has 8 nitrogen and oxygen atoms in total. The van der Waals surface area contributed by atoms with Gasteiger partial charge in [0.2, 0.25) is 11.8 Å². The van der Waals surface area contributed by atoms with E-state index in [1.165, 1.54) is 24.5 Å². The number of halogens is 2. The van der Waals surface area contributed by atoms with Gasteiger partial charge in [-0.15, -0.1) is 11.3 Å². The van der Waals surface area contributed by atoms with Gasteiger partial charge < -0.3 is 15.0 Å². The quantitative estimate of drug-likeness (QED) is 0.218. The molecule has 0 saturated heterocycles. The Bertz CT molecular complexity index is 1930. The van der Waals surface area contributed by atoms with Gasteiger partial charge >= 0.3 is 0 Å². The molecule has 0 saturated carbocycles. The number of fused-ring (bicyclic) bond motifs is 2. The number of likely N-dealkylation sites (N-methyl/N-ethyl adjacent to an activating group) is 1. The number of benzene rings is 2. The van der Waals surface area contributed by atoms with Crippen LogP contribution in [0.3, 0.4) is 0 Å². The number of aromatic amines is 1. The minimum Gasteiger partial charge on any atom is -0.496 e. The third kappa shape index (κ3) is 5.05. The highest BCUT2D eigenvalue weighted by atomic mass is 32.1. The van der Waals surface area contributed by atoms with Crippen molar-refractivity contribution in [1.82, 2.24) is 25.4 Å². The highest BCUT2D eigenvalue weighted by Crippen LogP contribution is 2.47. The van der Waals surface area contributed by atoms with Crippen LogP contribution in [0.2, 0.25) is 0 Å². The Kier molecular flexibility index (Phi) is 7.26. The number of methoxy groups -OCH3 is 1. The number of hydrogen-bond donors (Lipinski definition) is 2. The number of carbonyl (C=O) groups is 2. The zero-order valence-electron chi connectivity index (χ0n) is 23.6. The molecule has 218 valence electrons. The molecule has 0 spiro atoms. The van der Waals surface area contributed by atoms with Gasteiger partial charge in [-0.3, -0.25) is 14.7 Å². The van der Waals surface area contributed by atoms with Crippen LogP contribution in [-0.4, -0.2) is 46.1 Å². The number of pyridine rings is 1. The van der Waals surface area contributed by atoms with Gasteiger partial charge in [-0.2, -0.15) is 5.10 Å². The Morgan fingerprint density at radius 2 is 1.98 bits per heavy atom. The summed E-state index contributed by atoms with van der Waals surface area (Å²) >= 11 is 1.40. The first-order valence-corrected chi connectivity index (χ1v) is 14.4. The summed E-state index contributed by atoms with van der Waals surface area (Å²) < 4.78 is 36.1. The largest absolute Gasteiger partial charge is 0.496 e. The van der Waals surface area contributed by atoms with E-state index in [9.17, 15) is 14.0 Å². The second kappa shape index (κ2) is 11.1. The number of nitrogens with one attached hydrogen (secondary N) is 2. The summed E-state index contributed by atoms with van der Waals surface area (Å²) in [7, 11) is 3.13. The molecule has 43 heavy (non-hydrogen) atoms. The summed E-state index contributed by atoms with van der Waals surface area (Å²) in [5.74, 6) is -1.83. The molecule has 0 radical (unpaired) electrons. The number of H-pyrrole nitrogens is 1. The predicted molar refractivity (Wildman–Crippen MR) is 161 cm³/mol. The lowest BCUT2D eigenvalue weighted by atomic mass is 9.93. The Balaban J connectivity index is 1.60. The highest BCUT2D eigenvalue weighted by molar-refractivity contribution is 7.18. The third-order valence-electron chi connectivity index (χ3n) is 7.60. The fourth-order valence-electron chi connectivity index (χ4n) is 5.38. The van der Waals surface area contributed by atoms with E-state index in [0.717, 1.165) is 34.2 Å². The van der Waals surface area contributed by atoms with Crippen LogP contribution < -0.4 is 10.1 Å². The van der Waals surface area contributed by atoms with Gasteiger partial charge in [0.05, 0.1) is 36.5 Å². The van der Waals surface area contributed by atoms with Gasteiger partial charge in [0.15, 0.2) is 0 Å². The normalized spacial score (nSPS) is 13.6. The SMILES string of the molecule is C=CC(=O)NC(C)c1cc(-c2nc(-c3ccc4c(c3)CN(C)C(=O)C4)c3ccsc3c2-c2c(F)cc(F)cc2OC)n[nH]1. The molecular formula is C32H27F2N5O3S. The second-order valence-corrected chi connectivity index (χ2v) is 11.3. The Labute approximate surface area is 250 Å². The summed E-state index contributed by atoms with van der Waals surface area (Å²) in [6.45, 7) is 5.76. The molecule has 1 aliphatic heterocycles. The molecule has 1 aliphatic rings. The summed E-state index contributed by atoms with van der Waals surface area (Å²) in [6, 6.07) is 11.1. The average Bonchev–Trinajstić information content (AvgIpc) is 3.67. The number of carbonyl (C=O) groups excluding carboxylic acids is 2. The monoisotopic (exact) mass is 599 g/mol. The van der Waals surface area contributed by atoms with Gasteiger partial charge in [0, 0.05) is 46.9 Å². The Morgan fingerprint density at radius 1 is 1.16 bits per heavy atom. The summed E-state index contributed by atoms with van der Waals surface area (Å²) in [5, 5.41) is 12.9. The maximum atomic E-state index is 15.6. The van der Waals surface area contributed by atoms with Gasteiger partial charge in [0.1, 0.15) is 28.8 Å². The van der Waals surface area contributed by atoms with Crippen molar-refractivity contribution in [1.29, 1.82) is 0 Å². The molecular weight excluding hydrogens is 572 g/mol. The van der Waals surface area contributed by atoms with Gasteiger partial charge in [-0.1, -0.05) is 18.7 Å². The molecule has 4 heterocycles. The van der Waals surface area contributed by atoms with Crippen LogP contribution in [0, 0.1) is 11.6 Å². The van der Waals surface area contributed by atoms with E-state index >= 15 is 4.39 Å². The van der Waals surface area contributed by atoms with E-state index in [1.54, 1.807) is 24.9 Å². The van der Waals surface area contributed by atoms with Crippen molar-refractivity contribution >= 4 is 33.2 Å². The van der Waals surface area contributed by atoms with Crippen molar-refractivity contribution in [3.63, 3.8) is 0 Å². The van der Waals surface area contributed by atoms with E-state index < -0.39 is 17.7 Å². The molecule has 3 aromatic heterocycles. The van der Waals surface area contributed by atoms with E-state index in [0.29, 0.717) is 46.0 Å². The van der Waals surface area contributed by atoms with Crippen LogP contribution in [0.1, 0.15) is 29.8 Å². The lowest BCUT2D eigenvalue weighted by molar-refractivity contribution is -0.130. The number of hydrogen-bond acceptors (Lipinski definition) is 6. The van der Waals surface area contributed by atoms with Gasteiger partial charge in [-0.25, -0.2) is 13.8 Å². The van der Waals surface area contributed by atoms with Crippen molar-refractivity contribution in [3.05, 3.63) is 89.0 Å². The first-order chi connectivity index (χ1) is 20.7. The van der Waals surface area contributed by atoms with Crippen LogP contribution in [0.4, 0.5) is 8.78 Å². The van der Waals surface area contributed by atoms with Crippen molar-refractivity contribution in [2.24, 2.45) is 0 Å². The first-order valence-electron chi connectivity index (χ1n) is 13.5. The molecule has 0 fully saturated rings. The van der Waals surface area contributed by atoms with Crippen LogP contribution >= 0.6 is 11.3 Å². The third-order valence-corrected chi connectivity index (χ3v) is 8.53. The highest BCUT2D eigenvalue weighted by Gasteiger charge is 2.27. The molecule has 2 amide bonds. The molecule has 2 N–H and O–H groups in total. The number of amides is 2. The minimum absolute atomic E-state index is 0.0202. The molecule has 6 rings (SSSR count). The fourth-order valence-corrected chi connectivity index (χ4v) is 6.33. The topological polar surface area (TPSA) is 100 Å². The van der Waals surface area contributed by atoms with Gasteiger partial charge in [-0.05, 0) is 47.7 Å². The lowest BCUT2D eigenvalue weighted by Gasteiger charge is -2.25. The Morgan fingerprint density at radius 3 is 2.74 bits per heavy atom. The summed E-state index contributed by atoms with van der Waals surface area (Å²) in [6.07, 6.45) is 1.51. The van der Waals surface area contributed by atoms with E-state index in [4.69, 9.17) is 9.72 Å². The predicted octanol–water partition coefficient (Wildman–Crippen LogP) is 6.18. The number of rotatable bonds is 7. The van der Waals surface area contributed by atoms with Crippen LogP contribution in [-0.2, 0) is 22.6 Å². The second-order valence-electron chi connectivity index (χ2n) is 10.4. The Hall–Kier alpha value is -4.90. The van der Waals surface area contributed by atoms with E-state index in [1.807, 2.05) is 29.6 Å². The number of nitrogens with zero attached hydrogens (tertiary/aromatic N) is 3. The van der Waals surface area contributed by atoms with Crippen LogP contribution in [0.5, 0.6) is 5.75 Å². The number of ether oxygens (including phenoxy) is 1. The van der Waals surface area contributed by atoms with Crippen molar-refractivity contribution < 1.29 is 23.1 Å². The van der Waals surface area contributed by atoms with E-state index in [-0.39, 0.29) is 23.1 Å². The summed E-state index contributed by atoms with van der Waals surface area (Å²) in [4.78, 5) is 31.0. The zero-order chi connectivity index (χ0) is 30.4.